The van der Waals surface area contributed by atoms with E-state index in [0.29, 0.717) is 37.9 Å². The number of hydrogen-bond acceptors (Lipinski definition) is 2. The van der Waals surface area contributed by atoms with Crippen molar-refractivity contribution in [2.24, 2.45) is 0 Å². The van der Waals surface area contributed by atoms with Gasteiger partial charge in [-0.05, 0) is 42.5 Å². The van der Waals surface area contributed by atoms with Crippen LogP contribution in [0.25, 0.3) is 33.2 Å². The van der Waals surface area contributed by atoms with Crippen LogP contribution in [0.15, 0.2) is 48.5 Å². The molecule has 26 heavy (non-hydrogen) atoms. The Morgan fingerprint density at radius 1 is 0.923 bits per heavy atom. The highest BCUT2D eigenvalue weighted by atomic mass is 35.5. The minimum absolute atomic E-state index is 0.278. The van der Waals surface area contributed by atoms with Crippen molar-refractivity contribution < 1.29 is 17.9 Å². The molecule has 4 rings (SSSR count). The Labute approximate surface area is 155 Å². The Kier molecular flexibility index (Phi) is 3.97. The molecule has 0 aliphatic carbocycles. The molecule has 132 valence electrons. The summed E-state index contributed by atoms with van der Waals surface area (Å²) in [6.07, 6.45) is -4.73. The number of benzene rings is 2. The number of aromatic amines is 1. The summed E-state index contributed by atoms with van der Waals surface area (Å²) in [5.41, 5.74) is 2.51. The van der Waals surface area contributed by atoms with Gasteiger partial charge in [0, 0.05) is 21.3 Å². The van der Waals surface area contributed by atoms with Crippen molar-refractivity contribution in [1.82, 2.24) is 9.97 Å². The molecular formula is C18H9Cl2F3N2O. The number of H-pyrrole nitrogens is 1. The predicted molar refractivity (Wildman–Crippen MR) is 95.7 cm³/mol. The van der Waals surface area contributed by atoms with Crippen molar-refractivity contribution in [2.45, 2.75) is 6.36 Å². The van der Waals surface area contributed by atoms with Crippen LogP contribution >= 0.6 is 23.2 Å². The molecule has 0 fully saturated rings. The summed E-state index contributed by atoms with van der Waals surface area (Å²) in [5, 5.41) is 2.31. The van der Waals surface area contributed by atoms with Gasteiger partial charge in [0.05, 0.1) is 21.9 Å². The van der Waals surface area contributed by atoms with Crippen molar-refractivity contribution in [3.05, 3.63) is 58.6 Å². The second-order valence-electron chi connectivity index (χ2n) is 5.64. The highest BCUT2D eigenvalue weighted by molar-refractivity contribution is 6.38. The number of halogens is 5. The van der Waals surface area contributed by atoms with Crippen LogP contribution in [0.2, 0.25) is 10.0 Å². The maximum Gasteiger partial charge on any atom is 0.573 e. The number of hydrogen-bond donors (Lipinski definition) is 1. The van der Waals surface area contributed by atoms with E-state index in [0.717, 1.165) is 5.39 Å². The average molecular weight is 397 g/mol. The minimum atomic E-state index is -4.73. The molecule has 0 aliphatic heterocycles. The molecule has 4 aromatic rings. The smallest absolute Gasteiger partial charge is 0.406 e. The zero-order chi connectivity index (χ0) is 18.5. The van der Waals surface area contributed by atoms with E-state index in [-0.39, 0.29) is 5.75 Å². The SMILES string of the molecule is FC(F)(F)Oc1ccc2[nH]c(-c3ccc4cc(Cl)cc(Cl)c4n3)cc2c1. The maximum absolute atomic E-state index is 12.4. The molecule has 0 unspecified atom stereocenters. The van der Waals surface area contributed by atoms with Gasteiger partial charge in [-0.2, -0.15) is 0 Å². The van der Waals surface area contributed by atoms with E-state index in [1.165, 1.54) is 18.2 Å². The molecule has 2 aromatic carbocycles. The first-order valence-corrected chi connectivity index (χ1v) is 8.19. The minimum Gasteiger partial charge on any atom is -0.406 e. The molecule has 3 nitrogen and oxygen atoms in total. The third-order valence-electron chi connectivity index (χ3n) is 3.81. The second kappa shape index (κ2) is 6.07. The van der Waals surface area contributed by atoms with Crippen LogP contribution in [0.4, 0.5) is 13.2 Å². The quantitative estimate of drug-likeness (QED) is 0.415. The van der Waals surface area contributed by atoms with Crippen molar-refractivity contribution in [2.75, 3.05) is 0 Å². The summed E-state index contributed by atoms with van der Waals surface area (Å²) in [6.45, 7) is 0. The van der Waals surface area contributed by atoms with Gasteiger partial charge >= 0.3 is 6.36 Å². The molecule has 0 atom stereocenters. The van der Waals surface area contributed by atoms with E-state index >= 15 is 0 Å². The monoisotopic (exact) mass is 396 g/mol. The van der Waals surface area contributed by atoms with Crippen molar-refractivity contribution >= 4 is 45.0 Å². The fraction of sp³-hybridized carbons (Fsp3) is 0.0556. The number of alkyl halides is 3. The standard InChI is InChI=1S/C18H9Cl2F3N2O/c19-11-5-9-1-3-15(25-17(9)13(20)8-11)16-7-10-6-12(26-18(21,22)23)2-4-14(10)24-16/h1-8,24H. The number of nitrogens with zero attached hydrogens (tertiary/aromatic N) is 1. The van der Waals surface area contributed by atoms with E-state index in [1.54, 1.807) is 24.3 Å². The maximum atomic E-state index is 12.4. The van der Waals surface area contributed by atoms with E-state index in [2.05, 4.69) is 14.7 Å². The molecular weight excluding hydrogens is 388 g/mol. The van der Waals surface area contributed by atoms with Crippen LogP contribution in [0, 0.1) is 0 Å². The van der Waals surface area contributed by atoms with Gasteiger partial charge in [-0.3, -0.25) is 0 Å². The lowest BCUT2D eigenvalue weighted by Gasteiger charge is -2.08. The summed E-state index contributed by atoms with van der Waals surface area (Å²) in [7, 11) is 0. The van der Waals surface area contributed by atoms with Crippen LogP contribution < -0.4 is 4.74 Å². The number of fused-ring (bicyclic) bond motifs is 2. The van der Waals surface area contributed by atoms with Crippen LogP contribution in [0.5, 0.6) is 5.75 Å². The topological polar surface area (TPSA) is 37.9 Å². The molecule has 2 heterocycles. The van der Waals surface area contributed by atoms with Crippen molar-refractivity contribution in [3.8, 4) is 17.1 Å². The van der Waals surface area contributed by atoms with Gasteiger partial charge in [0.25, 0.3) is 0 Å². The van der Waals surface area contributed by atoms with Crippen molar-refractivity contribution in [3.63, 3.8) is 0 Å². The molecule has 8 heteroatoms. The Balaban J connectivity index is 1.78. The van der Waals surface area contributed by atoms with Gasteiger partial charge in [-0.15, -0.1) is 13.2 Å². The lowest BCUT2D eigenvalue weighted by molar-refractivity contribution is -0.274. The molecule has 0 bridgehead atoms. The molecule has 0 saturated heterocycles. The predicted octanol–water partition coefficient (Wildman–Crippen LogP) is 6.59. The van der Waals surface area contributed by atoms with Gasteiger partial charge in [0.1, 0.15) is 5.75 Å². The number of aromatic nitrogens is 2. The van der Waals surface area contributed by atoms with Gasteiger partial charge < -0.3 is 9.72 Å². The second-order valence-corrected chi connectivity index (χ2v) is 6.48. The Hall–Kier alpha value is -2.44. The van der Waals surface area contributed by atoms with Crippen LogP contribution in [-0.4, -0.2) is 16.3 Å². The zero-order valence-electron chi connectivity index (χ0n) is 12.9. The average Bonchev–Trinajstić information content (AvgIpc) is 2.96. The fourth-order valence-corrected chi connectivity index (χ4v) is 3.30. The summed E-state index contributed by atoms with van der Waals surface area (Å²) >= 11 is 12.2. The Morgan fingerprint density at radius 2 is 1.73 bits per heavy atom. The molecule has 0 aliphatic rings. The Bertz CT molecular complexity index is 1140. The number of ether oxygens (including phenoxy) is 1. The van der Waals surface area contributed by atoms with E-state index < -0.39 is 6.36 Å². The summed E-state index contributed by atoms with van der Waals surface area (Å²) in [4.78, 5) is 7.66. The van der Waals surface area contributed by atoms with Gasteiger partial charge in [-0.1, -0.05) is 29.3 Å². The molecule has 0 radical (unpaired) electrons. The molecule has 1 N–H and O–H groups in total. The van der Waals surface area contributed by atoms with Crippen LogP contribution in [-0.2, 0) is 0 Å². The van der Waals surface area contributed by atoms with Crippen LogP contribution in [0.1, 0.15) is 0 Å². The Morgan fingerprint density at radius 3 is 2.50 bits per heavy atom. The largest absolute Gasteiger partial charge is 0.573 e. The van der Waals surface area contributed by atoms with Gasteiger partial charge in [-0.25, -0.2) is 4.98 Å². The number of pyridine rings is 1. The third kappa shape index (κ3) is 3.30. The lowest BCUT2D eigenvalue weighted by Crippen LogP contribution is -2.16. The van der Waals surface area contributed by atoms with E-state index in [1.807, 2.05) is 6.07 Å². The summed E-state index contributed by atoms with van der Waals surface area (Å²) in [5.74, 6) is -0.278. The van der Waals surface area contributed by atoms with E-state index in [9.17, 15) is 13.2 Å². The molecule has 2 aromatic heterocycles. The van der Waals surface area contributed by atoms with Crippen LogP contribution in [0.3, 0.4) is 0 Å². The fourth-order valence-electron chi connectivity index (χ4n) is 2.75. The lowest BCUT2D eigenvalue weighted by atomic mass is 10.1. The summed E-state index contributed by atoms with van der Waals surface area (Å²) < 4.78 is 41.0. The number of nitrogens with one attached hydrogen (secondary N) is 1. The van der Waals surface area contributed by atoms with Crippen molar-refractivity contribution in [1.29, 1.82) is 0 Å². The molecule has 0 amide bonds. The van der Waals surface area contributed by atoms with Gasteiger partial charge in [0.15, 0.2) is 0 Å². The highest BCUT2D eigenvalue weighted by Gasteiger charge is 2.31. The first-order chi connectivity index (χ1) is 12.3. The third-order valence-corrected chi connectivity index (χ3v) is 4.32. The zero-order valence-corrected chi connectivity index (χ0v) is 14.4. The normalized spacial score (nSPS) is 12.0. The molecule has 0 saturated carbocycles. The van der Waals surface area contributed by atoms with Gasteiger partial charge in [0.2, 0.25) is 0 Å². The summed E-state index contributed by atoms with van der Waals surface area (Å²) in [6, 6.07) is 12.8. The first kappa shape index (κ1) is 17.0. The first-order valence-electron chi connectivity index (χ1n) is 7.43. The highest BCUT2D eigenvalue weighted by Crippen LogP contribution is 2.32. The molecule has 0 spiro atoms. The number of rotatable bonds is 2. The van der Waals surface area contributed by atoms with E-state index in [4.69, 9.17) is 23.2 Å².